The second-order valence-corrected chi connectivity index (χ2v) is 5.41. The first-order valence-corrected chi connectivity index (χ1v) is 6.85. The molecule has 0 bridgehead atoms. The summed E-state index contributed by atoms with van der Waals surface area (Å²) in [6, 6.07) is 5.74. The number of carbonyl (C=O) groups excluding carboxylic acids is 1. The molecule has 2 aromatic rings. The number of aryl methyl sites for hydroxylation is 2. The van der Waals surface area contributed by atoms with Crippen LogP contribution in [-0.4, -0.2) is 15.6 Å². The van der Waals surface area contributed by atoms with Crippen molar-refractivity contribution in [3.05, 3.63) is 51.3 Å². The zero-order chi connectivity index (χ0) is 14.3. The number of ketones is 1. The Labute approximate surface area is 122 Å². The minimum Gasteiger partial charge on any atom is -0.372 e. The van der Waals surface area contributed by atoms with E-state index in [0.717, 1.165) is 22.4 Å². The van der Waals surface area contributed by atoms with E-state index in [-0.39, 0.29) is 12.2 Å². The lowest BCUT2D eigenvalue weighted by molar-refractivity contribution is 0.0992. The van der Waals surface area contributed by atoms with Crippen LogP contribution in [0.4, 0.5) is 0 Å². The van der Waals surface area contributed by atoms with Crippen LogP contribution in [-0.2, 0) is 31.4 Å². The number of hydrogen-bond donors (Lipinski definition) is 0. The molecule has 5 heteroatoms. The second-order valence-electron chi connectivity index (χ2n) is 5.05. The van der Waals surface area contributed by atoms with Gasteiger partial charge in [0.2, 0.25) is 0 Å². The number of Topliss-reactive ketones (excluding diaryl/α,β-unsaturated/α-hetero) is 1. The highest BCUT2D eigenvalue weighted by Gasteiger charge is 2.18. The molecule has 0 spiro atoms. The molecule has 0 amide bonds. The van der Waals surface area contributed by atoms with Crippen molar-refractivity contribution in [3.63, 3.8) is 0 Å². The maximum atomic E-state index is 12.4. The van der Waals surface area contributed by atoms with Crippen LogP contribution in [0.1, 0.15) is 32.7 Å². The van der Waals surface area contributed by atoms with Crippen molar-refractivity contribution in [2.24, 2.45) is 7.05 Å². The summed E-state index contributed by atoms with van der Waals surface area (Å²) in [5, 5.41) is 4.76. The van der Waals surface area contributed by atoms with Gasteiger partial charge in [0.05, 0.1) is 18.9 Å². The highest BCUT2D eigenvalue weighted by atomic mass is 35.5. The van der Waals surface area contributed by atoms with E-state index in [4.69, 9.17) is 16.3 Å². The Morgan fingerprint density at radius 1 is 1.40 bits per heavy atom. The van der Waals surface area contributed by atoms with E-state index in [1.54, 1.807) is 11.7 Å². The van der Waals surface area contributed by atoms with Crippen LogP contribution in [0.15, 0.2) is 18.2 Å². The largest absolute Gasteiger partial charge is 0.372 e. The van der Waals surface area contributed by atoms with Gasteiger partial charge in [-0.1, -0.05) is 23.7 Å². The maximum Gasteiger partial charge on any atom is 0.167 e. The van der Waals surface area contributed by atoms with Gasteiger partial charge in [0.1, 0.15) is 5.15 Å². The third-order valence-corrected chi connectivity index (χ3v) is 4.12. The Balaban J connectivity index is 1.86. The molecule has 3 rings (SSSR count). The highest BCUT2D eigenvalue weighted by molar-refractivity contribution is 6.30. The molecule has 4 nitrogen and oxygen atoms in total. The SMILES string of the molecule is Cc1nn(C)c(Cl)c1CC(=O)c1ccc2c(c1)COC2. The lowest BCUT2D eigenvalue weighted by Crippen LogP contribution is -2.05. The van der Waals surface area contributed by atoms with E-state index in [9.17, 15) is 4.79 Å². The second kappa shape index (κ2) is 5.04. The third-order valence-electron chi connectivity index (χ3n) is 3.65. The summed E-state index contributed by atoms with van der Waals surface area (Å²) >= 11 is 6.17. The van der Waals surface area contributed by atoms with E-state index in [0.29, 0.717) is 23.9 Å². The summed E-state index contributed by atoms with van der Waals surface area (Å²) in [7, 11) is 1.77. The molecule has 0 saturated heterocycles. The van der Waals surface area contributed by atoms with Gasteiger partial charge in [-0.05, 0) is 24.1 Å². The standard InChI is InChI=1S/C15H15ClN2O2/c1-9-13(15(16)18(2)17-9)6-14(19)10-3-4-11-7-20-8-12(11)5-10/h3-5H,6-8H2,1-2H3. The van der Waals surface area contributed by atoms with Gasteiger partial charge in [0.25, 0.3) is 0 Å². The van der Waals surface area contributed by atoms with Crippen LogP contribution < -0.4 is 0 Å². The molecule has 0 radical (unpaired) electrons. The Hall–Kier alpha value is -1.65. The lowest BCUT2D eigenvalue weighted by atomic mass is 10.00. The number of fused-ring (bicyclic) bond motifs is 1. The Kier molecular flexibility index (Phi) is 3.36. The Morgan fingerprint density at radius 2 is 2.15 bits per heavy atom. The quantitative estimate of drug-likeness (QED) is 0.817. The Morgan fingerprint density at radius 3 is 2.85 bits per heavy atom. The van der Waals surface area contributed by atoms with Crippen molar-refractivity contribution in [2.75, 3.05) is 0 Å². The number of ether oxygens (including phenoxy) is 1. The first-order valence-electron chi connectivity index (χ1n) is 6.47. The van der Waals surface area contributed by atoms with Gasteiger partial charge in [-0.3, -0.25) is 9.48 Å². The fourth-order valence-corrected chi connectivity index (χ4v) is 2.72. The summed E-state index contributed by atoms with van der Waals surface area (Å²) in [6.07, 6.45) is 0.276. The van der Waals surface area contributed by atoms with Crippen LogP contribution in [0, 0.1) is 6.92 Å². The molecule has 2 heterocycles. The van der Waals surface area contributed by atoms with E-state index in [1.807, 2.05) is 25.1 Å². The van der Waals surface area contributed by atoms with Crippen LogP contribution in [0.25, 0.3) is 0 Å². The summed E-state index contributed by atoms with van der Waals surface area (Å²) < 4.78 is 6.96. The molecule has 0 N–H and O–H groups in total. The van der Waals surface area contributed by atoms with E-state index in [2.05, 4.69) is 5.10 Å². The number of carbonyl (C=O) groups is 1. The minimum absolute atomic E-state index is 0.0534. The Bertz CT molecular complexity index is 691. The molecule has 104 valence electrons. The van der Waals surface area contributed by atoms with Crippen molar-refractivity contribution in [2.45, 2.75) is 26.6 Å². The first kappa shape index (κ1) is 13.3. The fraction of sp³-hybridized carbons (Fsp3) is 0.333. The minimum atomic E-state index is 0.0534. The predicted octanol–water partition coefficient (Wildman–Crippen LogP) is 2.84. The average molecular weight is 291 g/mol. The fourth-order valence-electron chi connectivity index (χ4n) is 2.48. The van der Waals surface area contributed by atoms with Crippen LogP contribution in [0.2, 0.25) is 5.15 Å². The third kappa shape index (κ3) is 2.25. The van der Waals surface area contributed by atoms with Crippen LogP contribution in [0.3, 0.4) is 0 Å². The highest BCUT2D eigenvalue weighted by Crippen LogP contribution is 2.24. The molecule has 20 heavy (non-hydrogen) atoms. The van der Waals surface area contributed by atoms with Crippen molar-refractivity contribution >= 4 is 17.4 Å². The van der Waals surface area contributed by atoms with E-state index >= 15 is 0 Å². The first-order chi connectivity index (χ1) is 9.56. The zero-order valence-corrected chi connectivity index (χ0v) is 12.2. The molecular formula is C15H15ClN2O2. The molecule has 0 unspecified atom stereocenters. The summed E-state index contributed by atoms with van der Waals surface area (Å²) in [5.41, 5.74) is 4.57. The number of benzene rings is 1. The number of rotatable bonds is 3. The molecule has 0 atom stereocenters. The van der Waals surface area contributed by atoms with Gasteiger partial charge in [-0.25, -0.2) is 0 Å². The van der Waals surface area contributed by atoms with E-state index in [1.165, 1.54) is 0 Å². The monoisotopic (exact) mass is 290 g/mol. The molecule has 1 aromatic carbocycles. The normalized spacial score (nSPS) is 13.6. The van der Waals surface area contributed by atoms with Crippen molar-refractivity contribution in [3.8, 4) is 0 Å². The van der Waals surface area contributed by atoms with Crippen molar-refractivity contribution in [1.29, 1.82) is 0 Å². The van der Waals surface area contributed by atoms with Crippen LogP contribution in [0.5, 0.6) is 0 Å². The number of nitrogens with zero attached hydrogens (tertiary/aromatic N) is 2. The van der Waals surface area contributed by atoms with Crippen molar-refractivity contribution < 1.29 is 9.53 Å². The van der Waals surface area contributed by atoms with Crippen LogP contribution >= 0.6 is 11.6 Å². The maximum absolute atomic E-state index is 12.4. The molecule has 0 fully saturated rings. The predicted molar refractivity (Wildman–Crippen MR) is 75.9 cm³/mol. The smallest absolute Gasteiger partial charge is 0.167 e. The van der Waals surface area contributed by atoms with Crippen molar-refractivity contribution in [1.82, 2.24) is 9.78 Å². The summed E-state index contributed by atoms with van der Waals surface area (Å²) in [4.78, 5) is 12.4. The number of halogens is 1. The number of hydrogen-bond acceptors (Lipinski definition) is 3. The van der Waals surface area contributed by atoms with Gasteiger partial charge in [0, 0.05) is 24.6 Å². The molecule has 0 saturated carbocycles. The summed E-state index contributed by atoms with van der Waals surface area (Å²) in [5.74, 6) is 0.0534. The van der Waals surface area contributed by atoms with Gasteiger partial charge >= 0.3 is 0 Å². The molecule has 1 aromatic heterocycles. The van der Waals surface area contributed by atoms with E-state index < -0.39 is 0 Å². The summed E-state index contributed by atoms with van der Waals surface area (Å²) in [6.45, 7) is 3.09. The molecule has 0 aliphatic carbocycles. The topological polar surface area (TPSA) is 44.1 Å². The number of aromatic nitrogens is 2. The average Bonchev–Trinajstić information content (AvgIpc) is 2.98. The molecular weight excluding hydrogens is 276 g/mol. The van der Waals surface area contributed by atoms with Gasteiger partial charge in [-0.15, -0.1) is 0 Å². The van der Waals surface area contributed by atoms with Gasteiger partial charge in [-0.2, -0.15) is 5.10 Å². The molecule has 1 aliphatic heterocycles. The lowest BCUT2D eigenvalue weighted by Gasteiger charge is -2.04. The molecule has 1 aliphatic rings. The van der Waals surface area contributed by atoms with Gasteiger partial charge in [0.15, 0.2) is 5.78 Å². The zero-order valence-electron chi connectivity index (χ0n) is 11.4. The van der Waals surface area contributed by atoms with Gasteiger partial charge < -0.3 is 4.74 Å².